The molecule has 158 valence electrons. The minimum atomic E-state index is -3.28. The molecule has 1 aliphatic heterocycles. The molecule has 0 amide bonds. The molecule has 4 atom stereocenters. The van der Waals surface area contributed by atoms with Gasteiger partial charge in [0.25, 0.3) is 0 Å². The first-order valence-corrected chi connectivity index (χ1v) is 11.1. The summed E-state index contributed by atoms with van der Waals surface area (Å²) >= 11 is 0. The summed E-state index contributed by atoms with van der Waals surface area (Å²) in [6.45, 7) is 7.68. The van der Waals surface area contributed by atoms with Crippen LogP contribution >= 0.6 is 7.60 Å². The highest BCUT2D eigenvalue weighted by Gasteiger charge is 2.57. The summed E-state index contributed by atoms with van der Waals surface area (Å²) in [7, 11) is -0.183. The zero-order chi connectivity index (χ0) is 20.6. The van der Waals surface area contributed by atoms with Gasteiger partial charge in [0.15, 0.2) is 0 Å². The summed E-state index contributed by atoms with van der Waals surface area (Å²) in [6.07, 6.45) is 2.89. The zero-order valence-corrected chi connectivity index (χ0v) is 18.1. The van der Waals surface area contributed by atoms with E-state index < -0.39 is 25.3 Å². The molecule has 0 aromatic carbocycles. The van der Waals surface area contributed by atoms with E-state index in [0.29, 0.717) is 24.7 Å². The molecule has 1 fully saturated rings. The fourth-order valence-corrected chi connectivity index (χ4v) is 5.07. The summed E-state index contributed by atoms with van der Waals surface area (Å²) in [5.41, 5.74) is 0.795. The first-order chi connectivity index (χ1) is 13.2. The molecular formula is C19H29O8P. The molecule has 1 aromatic heterocycles. The van der Waals surface area contributed by atoms with Gasteiger partial charge in [-0.15, -0.1) is 0 Å². The van der Waals surface area contributed by atoms with Crippen LogP contribution in [-0.4, -0.2) is 45.1 Å². The molecule has 1 saturated heterocycles. The summed E-state index contributed by atoms with van der Waals surface area (Å²) in [6, 6.07) is 1.82. The number of hydrogen-bond acceptors (Lipinski definition) is 8. The molecule has 2 aliphatic rings. The fourth-order valence-electron chi connectivity index (χ4n) is 3.49. The molecule has 9 heteroatoms. The minimum absolute atomic E-state index is 0.0467. The lowest BCUT2D eigenvalue weighted by atomic mass is 9.94. The second-order valence-electron chi connectivity index (χ2n) is 6.92. The Bertz CT molecular complexity index is 764. The fraction of sp³-hybridized carbons (Fsp3) is 0.684. The smallest absolute Gasteiger partial charge is 0.338 e. The van der Waals surface area contributed by atoms with Crippen molar-refractivity contribution in [3.63, 3.8) is 0 Å². The Kier molecular flexibility index (Phi) is 6.23. The van der Waals surface area contributed by atoms with E-state index in [-0.39, 0.29) is 12.3 Å². The van der Waals surface area contributed by atoms with Crippen LogP contribution in [0.3, 0.4) is 0 Å². The lowest BCUT2D eigenvalue weighted by molar-refractivity contribution is -0.444. The Hall–Kier alpha value is -0.990. The van der Waals surface area contributed by atoms with Crippen molar-refractivity contribution in [2.45, 2.75) is 57.6 Å². The molecule has 0 unspecified atom stereocenters. The maximum Gasteiger partial charge on any atom is 0.338 e. The Labute approximate surface area is 165 Å². The predicted molar refractivity (Wildman–Crippen MR) is 102 cm³/mol. The largest absolute Gasteiger partial charge is 0.461 e. The monoisotopic (exact) mass is 416 g/mol. The molecule has 2 heterocycles. The molecule has 0 radical (unpaired) electrons. The Morgan fingerprint density at radius 1 is 1.07 bits per heavy atom. The lowest BCUT2D eigenvalue weighted by Crippen LogP contribution is -2.63. The Morgan fingerprint density at radius 2 is 1.68 bits per heavy atom. The molecule has 0 spiro atoms. The number of fused-ring (bicyclic) bond motifs is 3. The van der Waals surface area contributed by atoms with Crippen LogP contribution in [0.2, 0.25) is 0 Å². The van der Waals surface area contributed by atoms with Crippen molar-refractivity contribution < 1.29 is 37.0 Å². The van der Waals surface area contributed by atoms with Gasteiger partial charge in [-0.1, -0.05) is 0 Å². The third kappa shape index (κ3) is 3.75. The standard InChI is InChI=1S/C19H29O8P/c1-7-23-28(20,24-8-2)12-13-11-14-15(25-13)9-10-16-17(14)27-19(4,22-6)18(3,21-5)26-16/h9-11,16-17H,7-8,12H2,1-6H3/t16-,17-,18+,19+/m1/s1. The van der Waals surface area contributed by atoms with E-state index >= 15 is 0 Å². The Morgan fingerprint density at radius 3 is 2.25 bits per heavy atom. The SMILES string of the molecule is CCOP(=O)(Cc1cc2c(o1)C=C[C@H]1O[C@](C)(OC)[C@@](C)(OC)O[C@H]21)OCC. The number of methoxy groups -OCH3 is 2. The van der Waals surface area contributed by atoms with Crippen molar-refractivity contribution >= 4 is 13.7 Å². The van der Waals surface area contributed by atoms with Crippen molar-refractivity contribution in [1.29, 1.82) is 0 Å². The van der Waals surface area contributed by atoms with Crippen LogP contribution in [0.4, 0.5) is 0 Å². The zero-order valence-electron chi connectivity index (χ0n) is 17.2. The highest BCUT2D eigenvalue weighted by atomic mass is 31.2. The molecule has 0 saturated carbocycles. The second kappa shape index (κ2) is 8.03. The van der Waals surface area contributed by atoms with Crippen LogP contribution < -0.4 is 0 Å². The van der Waals surface area contributed by atoms with E-state index in [4.69, 9.17) is 32.4 Å². The van der Waals surface area contributed by atoms with Gasteiger partial charge >= 0.3 is 7.60 Å². The molecule has 8 nitrogen and oxygen atoms in total. The van der Waals surface area contributed by atoms with E-state index in [1.54, 1.807) is 41.9 Å². The highest BCUT2D eigenvalue weighted by molar-refractivity contribution is 7.53. The average molecular weight is 416 g/mol. The first-order valence-electron chi connectivity index (χ1n) is 9.38. The van der Waals surface area contributed by atoms with Crippen LogP contribution in [0.15, 0.2) is 16.6 Å². The van der Waals surface area contributed by atoms with Gasteiger partial charge in [0.2, 0.25) is 11.6 Å². The minimum Gasteiger partial charge on any atom is -0.461 e. The van der Waals surface area contributed by atoms with Crippen LogP contribution in [0.1, 0.15) is 50.9 Å². The Balaban J connectivity index is 1.89. The molecular weight excluding hydrogens is 387 g/mol. The van der Waals surface area contributed by atoms with E-state index in [2.05, 4.69) is 0 Å². The molecule has 3 rings (SSSR count). The van der Waals surface area contributed by atoms with Gasteiger partial charge in [0.05, 0.1) is 13.2 Å². The van der Waals surface area contributed by atoms with Crippen molar-refractivity contribution in [2.24, 2.45) is 0 Å². The van der Waals surface area contributed by atoms with Gasteiger partial charge in [-0.05, 0) is 45.9 Å². The van der Waals surface area contributed by atoms with Gasteiger partial charge < -0.3 is 32.4 Å². The van der Waals surface area contributed by atoms with Gasteiger partial charge in [-0.25, -0.2) is 0 Å². The number of ether oxygens (including phenoxy) is 4. The molecule has 0 N–H and O–H groups in total. The van der Waals surface area contributed by atoms with Crippen molar-refractivity contribution in [3.8, 4) is 0 Å². The summed E-state index contributed by atoms with van der Waals surface area (Å²) in [4.78, 5) is 0. The van der Waals surface area contributed by atoms with Crippen LogP contribution in [0, 0.1) is 0 Å². The van der Waals surface area contributed by atoms with Gasteiger partial charge in [0, 0.05) is 19.8 Å². The van der Waals surface area contributed by atoms with Crippen LogP contribution in [-0.2, 0) is 38.7 Å². The number of hydrogen-bond donors (Lipinski definition) is 0. The summed E-state index contributed by atoms with van der Waals surface area (Å²) in [5.74, 6) is -1.09. The maximum atomic E-state index is 12.8. The molecule has 0 bridgehead atoms. The van der Waals surface area contributed by atoms with Gasteiger partial charge in [-0.2, -0.15) is 0 Å². The molecule has 1 aliphatic carbocycles. The van der Waals surface area contributed by atoms with E-state index in [0.717, 1.165) is 5.56 Å². The third-order valence-corrected chi connectivity index (χ3v) is 7.20. The van der Waals surface area contributed by atoms with Crippen LogP contribution in [0.25, 0.3) is 6.08 Å². The molecule has 28 heavy (non-hydrogen) atoms. The van der Waals surface area contributed by atoms with Crippen LogP contribution in [0.5, 0.6) is 0 Å². The highest BCUT2D eigenvalue weighted by Crippen LogP contribution is 2.53. The number of furan rings is 1. The summed E-state index contributed by atoms with van der Waals surface area (Å²) in [5, 5.41) is 0. The average Bonchev–Trinajstić information content (AvgIpc) is 3.05. The number of rotatable bonds is 8. The summed E-state index contributed by atoms with van der Waals surface area (Å²) < 4.78 is 53.1. The lowest BCUT2D eigenvalue weighted by Gasteiger charge is -2.52. The van der Waals surface area contributed by atoms with Gasteiger partial charge in [-0.3, -0.25) is 4.57 Å². The van der Waals surface area contributed by atoms with Gasteiger partial charge in [0.1, 0.15) is 29.9 Å². The van der Waals surface area contributed by atoms with Crippen molar-refractivity contribution in [3.05, 3.63) is 29.2 Å². The van der Waals surface area contributed by atoms with E-state index in [1.807, 2.05) is 18.2 Å². The normalized spacial score (nSPS) is 32.2. The van der Waals surface area contributed by atoms with Crippen molar-refractivity contribution in [2.75, 3.05) is 27.4 Å². The first kappa shape index (κ1) is 21.7. The predicted octanol–water partition coefficient (Wildman–Crippen LogP) is 4.25. The van der Waals surface area contributed by atoms with E-state index in [9.17, 15) is 4.57 Å². The maximum absolute atomic E-state index is 12.8. The van der Waals surface area contributed by atoms with Crippen molar-refractivity contribution in [1.82, 2.24) is 0 Å². The molecule has 1 aromatic rings. The third-order valence-electron chi connectivity index (χ3n) is 5.20. The topological polar surface area (TPSA) is 85.6 Å². The quantitative estimate of drug-likeness (QED) is 0.582. The second-order valence-corrected chi connectivity index (χ2v) is 8.97. The van der Waals surface area contributed by atoms with E-state index in [1.165, 1.54) is 0 Å².